The van der Waals surface area contributed by atoms with E-state index in [0.717, 1.165) is 44.2 Å². The Morgan fingerprint density at radius 3 is 1.49 bits per heavy atom. The minimum atomic E-state index is 0.610. The first-order valence-corrected chi connectivity index (χ1v) is 16.4. The molecule has 0 aliphatic carbocycles. The molecule has 0 spiro atoms. The van der Waals surface area contributed by atoms with Gasteiger partial charge in [0.15, 0.2) is 17.5 Å². The number of fused-ring (bicyclic) bond motifs is 9. The number of benzene rings is 8. The summed E-state index contributed by atoms with van der Waals surface area (Å²) >= 11 is 0. The summed E-state index contributed by atoms with van der Waals surface area (Å²) in [6, 6.07) is 57.0. The summed E-state index contributed by atoms with van der Waals surface area (Å²) in [5, 5.41) is 9.66. The van der Waals surface area contributed by atoms with Crippen LogP contribution in [0.3, 0.4) is 0 Å². The number of hydrogen-bond donors (Lipinski definition) is 0. The molecule has 0 bridgehead atoms. The lowest BCUT2D eigenvalue weighted by Crippen LogP contribution is -2.00. The molecular weight excluding hydrogens is 599 g/mol. The van der Waals surface area contributed by atoms with Crippen molar-refractivity contribution in [2.45, 2.75) is 0 Å². The van der Waals surface area contributed by atoms with Crippen LogP contribution in [0.1, 0.15) is 0 Å². The molecule has 228 valence electrons. The molecule has 4 nitrogen and oxygen atoms in total. The molecule has 0 aliphatic rings. The first kappa shape index (κ1) is 27.5. The predicted octanol–water partition coefficient (Wildman–Crippen LogP) is 11.9. The van der Waals surface area contributed by atoms with Gasteiger partial charge in [-0.1, -0.05) is 146 Å². The maximum Gasteiger partial charge on any atom is 0.164 e. The summed E-state index contributed by atoms with van der Waals surface area (Å²) in [4.78, 5) is 15.1. The highest BCUT2D eigenvalue weighted by molar-refractivity contribution is 6.25. The van der Waals surface area contributed by atoms with Gasteiger partial charge in [-0.25, -0.2) is 15.0 Å². The SMILES string of the molecule is c1ccc(-c2nc(-c3ccc(-c4ccc5c6ccccc6c6ccccc6c5c4)cc3)nc(-c3cccc4oc5ccccc5c34)n2)cc1. The second-order valence-corrected chi connectivity index (χ2v) is 12.4. The van der Waals surface area contributed by atoms with E-state index < -0.39 is 0 Å². The van der Waals surface area contributed by atoms with Crippen LogP contribution >= 0.6 is 0 Å². The molecule has 0 saturated carbocycles. The fourth-order valence-electron chi connectivity index (χ4n) is 7.20. The van der Waals surface area contributed by atoms with E-state index in [0.29, 0.717) is 17.5 Å². The molecule has 2 heterocycles. The highest BCUT2D eigenvalue weighted by Gasteiger charge is 2.18. The Morgan fingerprint density at radius 1 is 0.306 bits per heavy atom. The van der Waals surface area contributed by atoms with Gasteiger partial charge in [0.25, 0.3) is 0 Å². The zero-order chi connectivity index (χ0) is 32.3. The molecule has 0 fully saturated rings. The molecule has 0 amide bonds. The number of para-hydroxylation sites is 1. The zero-order valence-corrected chi connectivity index (χ0v) is 26.3. The van der Waals surface area contributed by atoms with Crippen molar-refractivity contribution < 1.29 is 4.42 Å². The fraction of sp³-hybridized carbons (Fsp3) is 0. The minimum Gasteiger partial charge on any atom is -0.456 e. The van der Waals surface area contributed by atoms with Crippen molar-refractivity contribution in [3.05, 3.63) is 164 Å². The molecular formula is C45H27N3O. The molecule has 2 aromatic heterocycles. The van der Waals surface area contributed by atoms with Crippen molar-refractivity contribution in [2.24, 2.45) is 0 Å². The monoisotopic (exact) mass is 625 g/mol. The van der Waals surface area contributed by atoms with Gasteiger partial charge >= 0.3 is 0 Å². The van der Waals surface area contributed by atoms with Crippen molar-refractivity contribution in [3.8, 4) is 45.3 Å². The Balaban J connectivity index is 1.11. The van der Waals surface area contributed by atoms with Crippen molar-refractivity contribution in [1.29, 1.82) is 0 Å². The quantitative estimate of drug-likeness (QED) is 0.183. The summed E-state index contributed by atoms with van der Waals surface area (Å²) in [6.07, 6.45) is 0. The van der Waals surface area contributed by atoms with Gasteiger partial charge in [-0.3, -0.25) is 0 Å². The van der Waals surface area contributed by atoms with Crippen molar-refractivity contribution >= 4 is 54.3 Å². The van der Waals surface area contributed by atoms with E-state index in [1.807, 2.05) is 60.7 Å². The summed E-state index contributed by atoms with van der Waals surface area (Å²) in [7, 11) is 0. The Hall–Kier alpha value is -6.65. The molecule has 49 heavy (non-hydrogen) atoms. The summed E-state index contributed by atoms with van der Waals surface area (Å²) in [5.74, 6) is 1.86. The van der Waals surface area contributed by atoms with Gasteiger partial charge < -0.3 is 4.42 Å². The molecule has 0 radical (unpaired) electrons. The van der Waals surface area contributed by atoms with E-state index in [2.05, 4.69) is 103 Å². The lowest BCUT2D eigenvalue weighted by atomic mass is 9.92. The van der Waals surface area contributed by atoms with E-state index in [-0.39, 0.29) is 0 Å². The number of aromatic nitrogens is 3. The first-order valence-electron chi connectivity index (χ1n) is 16.4. The Bertz CT molecular complexity index is 2840. The zero-order valence-electron chi connectivity index (χ0n) is 26.3. The standard InChI is InChI=1S/C45H27N3O/c1-2-11-29(12-3-1)43-46-44(48-45(47-43)38-18-10-20-41-42(38)37-17-8-9-19-40(37)49-41)30-23-21-28(22-24-30)31-25-26-36-34-15-5-4-13-32(34)33-14-6-7-16-35(33)39(36)27-31/h1-27H. The van der Waals surface area contributed by atoms with E-state index in [1.54, 1.807) is 0 Å². The topological polar surface area (TPSA) is 51.8 Å². The van der Waals surface area contributed by atoms with Crippen LogP contribution in [-0.4, -0.2) is 15.0 Å². The van der Waals surface area contributed by atoms with Gasteiger partial charge in [-0.15, -0.1) is 0 Å². The third kappa shape index (κ3) is 4.49. The average Bonchev–Trinajstić information content (AvgIpc) is 3.57. The van der Waals surface area contributed by atoms with Crippen LogP contribution < -0.4 is 0 Å². The smallest absolute Gasteiger partial charge is 0.164 e. The van der Waals surface area contributed by atoms with Crippen molar-refractivity contribution in [2.75, 3.05) is 0 Å². The van der Waals surface area contributed by atoms with Crippen LogP contribution in [0.15, 0.2) is 168 Å². The number of hydrogen-bond acceptors (Lipinski definition) is 4. The molecule has 0 aliphatic heterocycles. The third-order valence-electron chi connectivity index (χ3n) is 9.53. The molecule has 0 N–H and O–H groups in total. The van der Waals surface area contributed by atoms with E-state index in [1.165, 1.54) is 37.9 Å². The molecule has 0 saturated heterocycles. The predicted molar refractivity (Wildman–Crippen MR) is 201 cm³/mol. The third-order valence-corrected chi connectivity index (χ3v) is 9.53. The maximum atomic E-state index is 6.20. The van der Waals surface area contributed by atoms with E-state index in [9.17, 15) is 0 Å². The fourth-order valence-corrected chi connectivity index (χ4v) is 7.20. The van der Waals surface area contributed by atoms with E-state index >= 15 is 0 Å². The highest BCUT2D eigenvalue weighted by Crippen LogP contribution is 2.39. The summed E-state index contributed by atoms with van der Waals surface area (Å²) in [6.45, 7) is 0. The van der Waals surface area contributed by atoms with Gasteiger partial charge in [0.2, 0.25) is 0 Å². The van der Waals surface area contributed by atoms with Crippen LogP contribution in [0.5, 0.6) is 0 Å². The summed E-state index contributed by atoms with van der Waals surface area (Å²) in [5.41, 5.74) is 6.72. The molecule has 10 aromatic rings. The van der Waals surface area contributed by atoms with E-state index in [4.69, 9.17) is 19.4 Å². The molecule has 4 heteroatoms. The van der Waals surface area contributed by atoms with Gasteiger partial charge in [-0.2, -0.15) is 0 Å². The largest absolute Gasteiger partial charge is 0.456 e. The lowest BCUT2D eigenvalue weighted by molar-refractivity contribution is 0.669. The van der Waals surface area contributed by atoms with Crippen LogP contribution in [0.25, 0.3) is 99.5 Å². The number of nitrogens with zero attached hydrogens (tertiary/aromatic N) is 3. The first-order chi connectivity index (χ1) is 24.3. The minimum absolute atomic E-state index is 0.610. The number of furan rings is 1. The van der Waals surface area contributed by atoms with Crippen LogP contribution in [0, 0.1) is 0 Å². The van der Waals surface area contributed by atoms with Gasteiger partial charge in [0.05, 0.1) is 0 Å². The Morgan fingerprint density at radius 2 is 0.796 bits per heavy atom. The molecule has 0 atom stereocenters. The van der Waals surface area contributed by atoms with Crippen LogP contribution in [0.2, 0.25) is 0 Å². The van der Waals surface area contributed by atoms with Crippen molar-refractivity contribution in [1.82, 2.24) is 15.0 Å². The average molecular weight is 626 g/mol. The molecule has 0 unspecified atom stereocenters. The maximum absolute atomic E-state index is 6.20. The van der Waals surface area contributed by atoms with Gasteiger partial charge in [0, 0.05) is 27.5 Å². The van der Waals surface area contributed by atoms with Gasteiger partial charge in [-0.05, 0) is 61.6 Å². The van der Waals surface area contributed by atoms with Crippen molar-refractivity contribution in [3.63, 3.8) is 0 Å². The number of rotatable bonds is 4. The Labute approximate surface area is 282 Å². The lowest BCUT2D eigenvalue weighted by Gasteiger charge is -2.12. The van der Waals surface area contributed by atoms with Gasteiger partial charge in [0.1, 0.15) is 11.2 Å². The van der Waals surface area contributed by atoms with Crippen LogP contribution in [0.4, 0.5) is 0 Å². The molecule has 8 aromatic carbocycles. The second kappa shape index (κ2) is 11.0. The second-order valence-electron chi connectivity index (χ2n) is 12.4. The normalized spacial score (nSPS) is 11.7. The highest BCUT2D eigenvalue weighted by atomic mass is 16.3. The summed E-state index contributed by atoms with van der Waals surface area (Å²) < 4.78 is 6.20. The Kier molecular flexibility index (Phi) is 6.15. The van der Waals surface area contributed by atoms with Crippen LogP contribution in [-0.2, 0) is 0 Å². The molecule has 10 rings (SSSR count).